The van der Waals surface area contributed by atoms with Crippen LogP contribution in [0.2, 0.25) is 5.15 Å². The van der Waals surface area contributed by atoms with Crippen LogP contribution in [0.4, 0.5) is 0 Å². The molecule has 0 aliphatic heterocycles. The molecule has 0 saturated heterocycles. The van der Waals surface area contributed by atoms with E-state index in [4.69, 9.17) is 17.3 Å². The first kappa shape index (κ1) is 12.5. The van der Waals surface area contributed by atoms with Crippen molar-refractivity contribution in [2.75, 3.05) is 0 Å². The largest absolute Gasteiger partial charge is 0.323 e. The Bertz CT molecular complexity index is 533. The molecule has 2 N–H and O–H groups in total. The lowest BCUT2D eigenvalue weighted by Crippen LogP contribution is -2.13. The topological polar surface area (TPSA) is 69.6 Å². The van der Waals surface area contributed by atoms with Gasteiger partial charge in [-0.3, -0.25) is 4.68 Å². The standard InChI is InChI=1S/C10H14ClN5S/c1-5-7(10(11)16(3)14-5)4-8(12)9-6(2)13-15-17-9/h8H,4,12H2,1-3H3. The lowest BCUT2D eigenvalue weighted by Gasteiger charge is -2.09. The fourth-order valence-electron chi connectivity index (χ4n) is 1.80. The maximum Gasteiger partial charge on any atom is 0.130 e. The molecule has 0 bridgehead atoms. The smallest absolute Gasteiger partial charge is 0.130 e. The highest BCUT2D eigenvalue weighted by molar-refractivity contribution is 7.05. The molecule has 0 aliphatic carbocycles. The molecule has 2 aromatic rings. The fraction of sp³-hybridized carbons (Fsp3) is 0.500. The molecular formula is C10H14ClN5S. The summed E-state index contributed by atoms with van der Waals surface area (Å²) in [5, 5.41) is 8.88. The molecule has 0 saturated carbocycles. The van der Waals surface area contributed by atoms with Crippen LogP contribution in [0.25, 0.3) is 0 Å². The highest BCUT2D eigenvalue weighted by atomic mass is 35.5. The maximum absolute atomic E-state index is 6.18. The Morgan fingerprint density at radius 1 is 1.41 bits per heavy atom. The average Bonchev–Trinajstić information content (AvgIpc) is 2.78. The van der Waals surface area contributed by atoms with E-state index in [0.717, 1.165) is 21.8 Å². The number of halogens is 1. The number of aryl methyl sites for hydroxylation is 3. The van der Waals surface area contributed by atoms with Crippen molar-refractivity contribution in [2.45, 2.75) is 26.3 Å². The molecule has 5 nitrogen and oxygen atoms in total. The number of aromatic nitrogens is 4. The molecule has 0 amide bonds. The van der Waals surface area contributed by atoms with Crippen LogP contribution >= 0.6 is 23.1 Å². The third-order valence-corrected chi connectivity index (χ3v) is 4.15. The minimum Gasteiger partial charge on any atom is -0.323 e. The summed E-state index contributed by atoms with van der Waals surface area (Å²) in [5.41, 5.74) is 8.96. The first-order chi connectivity index (χ1) is 8.00. The zero-order chi connectivity index (χ0) is 12.6. The number of hydrogen-bond acceptors (Lipinski definition) is 5. The predicted molar refractivity (Wildman–Crippen MR) is 68.2 cm³/mol. The lowest BCUT2D eigenvalue weighted by molar-refractivity contribution is 0.724. The maximum atomic E-state index is 6.18. The molecule has 17 heavy (non-hydrogen) atoms. The van der Waals surface area contributed by atoms with Gasteiger partial charge >= 0.3 is 0 Å². The summed E-state index contributed by atoms with van der Waals surface area (Å²) >= 11 is 7.52. The molecule has 7 heteroatoms. The number of rotatable bonds is 3. The molecule has 1 unspecified atom stereocenters. The van der Waals surface area contributed by atoms with Gasteiger partial charge in [0.15, 0.2) is 0 Å². The number of nitrogens with two attached hydrogens (primary N) is 1. The third-order valence-electron chi connectivity index (χ3n) is 2.72. The summed E-state index contributed by atoms with van der Waals surface area (Å²) in [7, 11) is 1.82. The van der Waals surface area contributed by atoms with Gasteiger partial charge in [-0.2, -0.15) is 5.10 Å². The molecule has 2 aromatic heterocycles. The molecule has 2 rings (SSSR count). The van der Waals surface area contributed by atoms with E-state index in [0.29, 0.717) is 11.6 Å². The van der Waals surface area contributed by atoms with Gasteiger partial charge in [0.25, 0.3) is 0 Å². The van der Waals surface area contributed by atoms with E-state index in [-0.39, 0.29) is 6.04 Å². The summed E-state index contributed by atoms with van der Waals surface area (Å²) in [4.78, 5) is 1.00. The summed E-state index contributed by atoms with van der Waals surface area (Å²) < 4.78 is 5.56. The van der Waals surface area contributed by atoms with Crippen LogP contribution in [-0.4, -0.2) is 19.4 Å². The summed E-state index contributed by atoms with van der Waals surface area (Å²) in [6.07, 6.45) is 0.656. The molecule has 0 aliphatic rings. The van der Waals surface area contributed by atoms with Gasteiger partial charge in [0.05, 0.1) is 16.3 Å². The SMILES string of the molecule is Cc1nnsc1C(N)Cc1c(C)nn(C)c1Cl. The van der Waals surface area contributed by atoms with Crippen LogP contribution in [0.5, 0.6) is 0 Å². The van der Waals surface area contributed by atoms with Crippen molar-refractivity contribution in [3.05, 3.63) is 27.0 Å². The van der Waals surface area contributed by atoms with Gasteiger partial charge in [0, 0.05) is 18.7 Å². The van der Waals surface area contributed by atoms with Gasteiger partial charge in [-0.05, 0) is 31.8 Å². The van der Waals surface area contributed by atoms with E-state index in [9.17, 15) is 0 Å². The minimum absolute atomic E-state index is 0.129. The Morgan fingerprint density at radius 3 is 2.59 bits per heavy atom. The van der Waals surface area contributed by atoms with Gasteiger partial charge in [0.1, 0.15) is 5.15 Å². The van der Waals surface area contributed by atoms with E-state index in [2.05, 4.69) is 14.7 Å². The van der Waals surface area contributed by atoms with Crippen LogP contribution < -0.4 is 5.73 Å². The van der Waals surface area contributed by atoms with Crippen LogP contribution in [0, 0.1) is 13.8 Å². The van der Waals surface area contributed by atoms with E-state index in [1.54, 1.807) is 4.68 Å². The Hall–Kier alpha value is -0.980. The molecule has 1 atom stereocenters. The Kier molecular flexibility index (Phi) is 3.46. The first-order valence-corrected chi connectivity index (χ1v) is 6.38. The Balaban J connectivity index is 2.24. The second-order valence-corrected chi connectivity index (χ2v) is 5.16. The zero-order valence-corrected chi connectivity index (χ0v) is 11.5. The van der Waals surface area contributed by atoms with Crippen LogP contribution in [0.1, 0.15) is 27.9 Å². The average molecular weight is 272 g/mol. The van der Waals surface area contributed by atoms with Gasteiger partial charge in [-0.15, -0.1) is 5.10 Å². The van der Waals surface area contributed by atoms with E-state index >= 15 is 0 Å². The van der Waals surface area contributed by atoms with Gasteiger partial charge in [0.2, 0.25) is 0 Å². The normalized spacial score (nSPS) is 13.0. The van der Waals surface area contributed by atoms with Crippen molar-refractivity contribution in [1.82, 2.24) is 19.4 Å². The minimum atomic E-state index is -0.129. The van der Waals surface area contributed by atoms with E-state index in [1.807, 2.05) is 20.9 Å². The highest BCUT2D eigenvalue weighted by Crippen LogP contribution is 2.26. The van der Waals surface area contributed by atoms with E-state index in [1.165, 1.54) is 11.5 Å². The van der Waals surface area contributed by atoms with Crippen molar-refractivity contribution < 1.29 is 0 Å². The summed E-state index contributed by atoms with van der Waals surface area (Å²) in [6, 6.07) is -0.129. The monoisotopic (exact) mass is 271 g/mol. The lowest BCUT2D eigenvalue weighted by atomic mass is 10.1. The molecule has 0 aromatic carbocycles. The Morgan fingerprint density at radius 2 is 2.12 bits per heavy atom. The number of hydrogen-bond donors (Lipinski definition) is 1. The summed E-state index contributed by atoms with van der Waals surface area (Å²) in [6.45, 7) is 3.85. The predicted octanol–water partition coefficient (Wildman–Crippen LogP) is 1.78. The van der Waals surface area contributed by atoms with Crippen LogP contribution in [-0.2, 0) is 13.5 Å². The third kappa shape index (κ3) is 2.34. The number of nitrogens with zero attached hydrogens (tertiary/aromatic N) is 4. The first-order valence-electron chi connectivity index (χ1n) is 5.23. The van der Waals surface area contributed by atoms with Crippen molar-refractivity contribution in [1.29, 1.82) is 0 Å². The van der Waals surface area contributed by atoms with Crippen molar-refractivity contribution in [3.8, 4) is 0 Å². The second-order valence-electron chi connectivity index (χ2n) is 4.01. The fourth-order valence-corrected chi connectivity index (χ4v) is 2.69. The molecule has 0 radical (unpaired) electrons. The van der Waals surface area contributed by atoms with Crippen molar-refractivity contribution in [2.24, 2.45) is 12.8 Å². The molecule has 0 fully saturated rings. The Labute approximate surface area is 109 Å². The second kappa shape index (κ2) is 4.72. The highest BCUT2D eigenvalue weighted by Gasteiger charge is 2.18. The molecule has 92 valence electrons. The van der Waals surface area contributed by atoms with Gasteiger partial charge < -0.3 is 5.73 Å². The van der Waals surface area contributed by atoms with Crippen molar-refractivity contribution in [3.63, 3.8) is 0 Å². The van der Waals surface area contributed by atoms with Gasteiger partial charge in [-0.1, -0.05) is 16.1 Å². The van der Waals surface area contributed by atoms with Gasteiger partial charge in [-0.25, -0.2) is 0 Å². The molecule has 2 heterocycles. The zero-order valence-electron chi connectivity index (χ0n) is 9.94. The van der Waals surface area contributed by atoms with Crippen molar-refractivity contribution >= 4 is 23.1 Å². The molecular weight excluding hydrogens is 258 g/mol. The van der Waals surface area contributed by atoms with Crippen LogP contribution in [0.3, 0.4) is 0 Å². The quantitative estimate of drug-likeness (QED) is 0.924. The van der Waals surface area contributed by atoms with E-state index < -0.39 is 0 Å². The van der Waals surface area contributed by atoms with Crippen LogP contribution in [0.15, 0.2) is 0 Å². The molecule has 0 spiro atoms. The summed E-state index contributed by atoms with van der Waals surface area (Å²) in [5.74, 6) is 0.